The Morgan fingerprint density at radius 2 is 2.28 bits per heavy atom. The molecule has 7 nitrogen and oxygen atoms in total. The van der Waals surface area contributed by atoms with Gasteiger partial charge in [-0.15, -0.1) is 5.10 Å². The van der Waals surface area contributed by atoms with Gasteiger partial charge in [-0.25, -0.2) is 4.68 Å². The van der Waals surface area contributed by atoms with E-state index in [1.54, 1.807) is 12.1 Å². The zero-order valence-corrected chi connectivity index (χ0v) is 9.58. The number of nitrogens with one attached hydrogen (secondary N) is 1. The van der Waals surface area contributed by atoms with Crippen LogP contribution in [0.5, 0.6) is 0 Å². The fourth-order valence-electron chi connectivity index (χ4n) is 1.62. The summed E-state index contributed by atoms with van der Waals surface area (Å²) in [6.07, 6.45) is 2.98. The minimum Gasteiger partial charge on any atom is -0.324 e. The Morgan fingerprint density at radius 3 is 2.94 bits per heavy atom. The van der Waals surface area contributed by atoms with E-state index in [1.165, 1.54) is 11.0 Å². The maximum absolute atomic E-state index is 11.8. The summed E-state index contributed by atoms with van der Waals surface area (Å²) in [5.41, 5.74) is 6.61. The lowest BCUT2D eigenvalue weighted by molar-refractivity contribution is -0.118. The third kappa shape index (κ3) is 1.95. The molecule has 2 aromatic rings. The number of amides is 1. The Labute approximate surface area is 103 Å². The van der Waals surface area contributed by atoms with Gasteiger partial charge in [-0.3, -0.25) is 4.79 Å². The second-order valence-electron chi connectivity index (χ2n) is 4.41. The van der Waals surface area contributed by atoms with Gasteiger partial charge in [0.1, 0.15) is 6.33 Å². The molecule has 3 N–H and O–H groups in total. The summed E-state index contributed by atoms with van der Waals surface area (Å²) in [5, 5.41) is 13.7. The van der Waals surface area contributed by atoms with E-state index in [0.29, 0.717) is 5.69 Å². The highest BCUT2D eigenvalue weighted by Gasteiger charge is 2.45. The number of tetrazole rings is 1. The number of carbonyl (C=O) groups excluding carboxylic acids is 1. The van der Waals surface area contributed by atoms with Crippen molar-refractivity contribution in [2.45, 2.75) is 18.4 Å². The van der Waals surface area contributed by atoms with Gasteiger partial charge in [0.25, 0.3) is 0 Å². The largest absolute Gasteiger partial charge is 0.324 e. The number of carbonyl (C=O) groups is 1. The zero-order chi connectivity index (χ0) is 12.6. The van der Waals surface area contributed by atoms with Crippen LogP contribution in [0.4, 0.5) is 5.69 Å². The van der Waals surface area contributed by atoms with Gasteiger partial charge in [0, 0.05) is 5.69 Å². The summed E-state index contributed by atoms with van der Waals surface area (Å²) in [5.74, 6) is -0.142. The van der Waals surface area contributed by atoms with Gasteiger partial charge in [0.2, 0.25) is 5.91 Å². The fourth-order valence-corrected chi connectivity index (χ4v) is 1.62. The maximum Gasteiger partial charge on any atom is 0.244 e. The van der Waals surface area contributed by atoms with E-state index in [1.807, 2.05) is 12.1 Å². The molecular weight excluding hydrogens is 232 g/mol. The fraction of sp³-hybridized carbons (Fsp3) is 0.273. The Kier molecular flexibility index (Phi) is 2.34. The molecule has 1 saturated carbocycles. The minimum absolute atomic E-state index is 0.142. The molecule has 1 fully saturated rings. The van der Waals surface area contributed by atoms with E-state index in [-0.39, 0.29) is 5.91 Å². The first-order chi connectivity index (χ1) is 8.67. The second-order valence-corrected chi connectivity index (χ2v) is 4.41. The van der Waals surface area contributed by atoms with Gasteiger partial charge in [-0.05, 0) is 41.5 Å². The molecule has 1 aliphatic carbocycles. The number of nitrogens with two attached hydrogens (primary N) is 1. The molecule has 0 bridgehead atoms. The highest BCUT2D eigenvalue weighted by molar-refractivity contribution is 6.00. The first-order valence-corrected chi connectivity index (χ1v) is 5.61. The Balaban J connectivity index is 1.81. The summed E-state index contributed by atoms with van der Waals surface area (Å²) >= 11 is 0. The Morgan fingerprint density at radius 1 is 1.44 bits per heavy atom. The Bertz CT molecular complexity index is 575. The number of rotatable bonds is 3. The van der Waals surface area contributed by atoms with Gasteiger partial charge in [0.15, 0.2) is 0 Å². The molecule has 0 aliphatic heterocycles. The highest BCUT2D eigenvalue weighted by Crippen LogP contribution is 2.33. The molecule has 1 aliphatic rings. The van der Waals surface area contributed by atoms with Crippen molar-refractivity contribution in [1.82, 2.24) is 20.2 Å². The molecule has 3 rings (SSSR count). The van der Waals surface area contributed by atoms with E-state index in [9.17, 15) is 4.79 Å². The first kappa shape index (κ1) is 10.8. The second kappa shape index (κ2) is 3.88. The van der Waals surface area contributed by atoms with Crippen molar-refractivity contribution >= 4 is 11.6 Å². The van der Waals surface area contributed by atoms with Crippen LogP contribution in [0.15, 0.2) is 30.6 Å². The Hall–Kier alpha value is -2.28. The number of benzene rings is 1. The monoisotopic (exact) mass is 244 g/mol. The first-order valence-electron chi connectivity index (χ1n) is 5.61. The van der Waals surface area contributed by atoms with Crippen LogP contribution in [0.25, 0.3) is 5.69 Å². The van der Waals surface area contributed by atoms with Crippen LogP contribution >= 0.6 is 0 Å². The average molecular weight is 244 g/mol. The summed E-state index contributed by atoms with van der Waals surface area (Å²) in [7, 11) is 0. The van der Waals surface area contributed by atoms with Crippen molar-refractivity contribution in [1.29, 1.82) is 0 Å². The SMILES string of the molecule is NC1(C(=O)Nc2cccc(-n3cnnn3)c2)CC1. The standard InChI is InChI=1S/C11H12N6O/c12-11(4-5-11)10(18)14-8-2-1-3-9(6-8)17-7-13-15-16-17/h1-3,6-7H,4-5,12H2,(H,14,18). The molecule has 0 unspecified atom stereocenters. The van der Waals surface area contributed by atoms with Gasteiger partial charge >= 0.3 is 0 Å². The van der Waals surface area contributed by atoms with Crippen LogP contribution in [0, 0.1) is 0 Å². The number of nitrogens with zero attached hydrogens (tertiary/aromatic N) is 4. The number of hydrogen-bond donors (Lipinski definition) is 2. The molecule has 0 radical (unpaired) electrons. The van der Waals surface area contributed by atoms with Gasteiger partial charge < -0.3 is 11.1 Å². The molecule has 92 valence electrons. The van der Waals surface area contributed by atoms with Gasteiger partial charge in [0.05, 0.1) is 11.2 Å². The third-order valence-electron chi connectivity index (χ3n) is 2.96. The summed E-state index contributed by atoms with van der Waals surface area (Å²) in [6, 6.07) is 7.27. The average Bonchev–Trinajstić information content (AvgIpc) is 2.93. The van der Waals surface area contributed by atoms with Crippen molar-refractivity contribution < 1.29 is 4.79 Å². The summed E-state index contributed by atoms with van der Waals surface area (Å²) in [6.45, 7) is 0. The van der Waals surface area contributed by atoms with Crippen LogP contribution in [0.2, 0.25) is 0 Å². The van der Waals surface area contributed by atoms with Crippen LogP contribution in [0.3, 0.4) is 0 Å². The molecule has 0 spiro atoms. The molecule has 0 atom stereocenters. The van der Waals surface area contributed by atoms with Crippen molar-refractivity contribution in [3.8, 4) is 5.69 Å². The van der Waals surface area contributed by atoms with Crippen molar-refractivity contribution in [2.75, 3.05) is 5.32 Å². The van der Waals surface area contributed by atoms with E-state index in [2.05, 4.69) is 20.8 Å². The number of hydrogen-bond acceptors (Lipinski definition) is 5. The third-order valence-corrected chi connectivity index (χ3v) is 2.96. The zero-order valence-electron chi connectivity index (χ0n) is 9.58. The van der Waals surface area contributed by atoms with E-state index < -0.39 is 5.54 Å². The molecule has 1 aromatic carbocycles. The van der Waals surface area contributed by atoms with Crippen LogP contribution in [0.1, 0.15) is 12.8 Å². The van der Waals surface area contributed by atoms with E-state index in [0.717, 1.165) is 18.5 Å². The van der Waals surface area contributed by atoms with Crippen LogP contribution < -0.4 is 11.1 Å². The predicted molar refractivity (Wildman–Crippen MR) is 63.9 cm³/mol. The van der Waals surface area contributed by atoms with Crippen molar-refractivity contribution in [3.05, 3.63) is 30.6 Å². The normalized spacial score (nSPS) is 16.3. The summed E-state index contributed by atoms with van der Waals surface area (Å²) in [4.78, 5) is 11.8. The molecule has 7 heteroatoms. The van der Waals surface area contributed by atoms with Crippen molar-refractivity contribution in [3.63, 3.8) is 0 Å². The molecule has 18 heavy (non-hydrogen) atoms. The summed E-state index contributed by atoms with van der Waals surface area (Å²) < 4.78 is 1.52. The molecule has 1 aromatic heterocycles. The minimum atomic E-state index is -0.676. The number of anilines is 1. The smallest absolute Gasteiger partial charge is 0.244 e. The quantitative estimate of drug-likeness (QED) is 0.797. The maximum atomic E-state index is 11.8. The van der Waals surface area contributed by atoms with E-state index >= 15 is 0 Å². The predicted octanol–water partition coefficient (Wildman–Crippen LogP) is 0.0921. The molecule has 1 amide bonds. The van der Waals surface area contributed by atoms with Crippen LogP contribution in [-0.2, 0) is 4.79 Å². The molecular formula is C11H12N6O. The molecule has 0 saturated heterocycles. The van der Waals surface area contributed by atoms with Gasteiger partial charge in [-0.2, -0.15) is 0 Å². The number of aromatic nitrogens is 4. The lowest BCUT2D eigenvalue weighted by atomic mass is 10.2. The lowest BCUT2D eigenvalue weighted by Crippen LogP contribution is -2.37. The highest BCUT2D eigenvalue weighted by atomic mass is 16.2. The topological polar surface area (TPSA) is 98.7 Å². The van der Waals surface area contributed by atoms with Gasteiger partial charge in [-0.1, -0.05) is 6.07 Å². The van der Waals surface area contributed by atoms with E-state index in [4.69, 9.17) is 5.73 Å². The lowest BCUT2D eigenvalue weighted by Gasteiger charge is -2.10. The molecule has 1 heterocycles. The van der Waals surface area contributed by atoms with Crippen LogP contribution in [-0.4, -0.2) is 31.7 Å². The van der Waals surface area contributed by atoms with Crippen molar-refractivity contribution in [2.24, 2.45) is 5.73 Å².